The monoisotopic (exact) mass is 597 g/mol. The largest absolute Gasteiger partial charge is 0.501 e. The topological polar surface area (TPSA) is 147 Å². The number of alkyl halides is 3. The Morgan fingerprint density at radius 1 is 0.975 bits per heavy atom. The first-order valence-corrected chi connectivity index (χ1v) is 14.3. The number of oxazole rings is 1. The number of sulfone groups is 2. The van der Waals surface area contributed by atoms with Gasteiger partial charge in [-0.2, -0.15) is 23.0 Å². The van der Waals surface area contributed by atoms with Crippen molar-refractivity contribution in [2.24, 2.45) is 0 Å². The van der Waals surface area contributed by atoms with E-state index in [0.717, 1.165) is 33.8 Å². The highest BCUT2D eigenvalue weighted by Gasteiger charge is 2.47. The second kappa shape index (κ2) is 9.37. The van der Waals surface area contributed by atoms with Crippen LogP contribution in [-0.4, -0.2) is 52.4 Å². The summed E-state index contributed by atoms with van der Waals surface area (Å²) in [4.78, 5) is 19.7. The van der Waals surface area contributed by atoms with E-state index in [2.05, 4.69) is 15.1 Å². The first kappa shape index (κ1) is 27.2. The zero-order chi connectivity index (χ0) is 29.0. The smallest absolute Gasteiger partial charge is 0.435 e. The molecule has 2 aromatic carbocycles. The van der Waals surface area contributed by atoms with Crippen LogP contribution in [0.15, 0.2) is 79.9 Å². The van der Waals surface area contributed by atoms with Crippen molar-refractivity contribution in [3.8, 4) is 23.1 Å². The third-order valence-corrected chi connectivity index (χ3v) is 8.95. The van der Waals surface area contributed by atoms with Gasteiger partial charge in [-0.3, -0.25) is 0 Å². The fourth-order valence-corrected chi connectivity index (χ4v) is 5.48. The Morgan fingerprint density at radius 2 is 1.73 bits per heavy atom. The van der Waals surface area contributed by atoms with Crippen molar-refractivity contribution >= 4 is 30.8 Å². The molecule has 3 aromatic heterocycles. The normalized spacial score (nSPS) is 12.7. The van der Waals surface area contributed by atoms with Crippen LogP contribution in [0, 0.1) is 5.82 Å². The molecule has 40 heavy (non-hydrogen) atoms. The minimum Gasteiger partial charge on any atom is -0.435 e. The van der Waals surface area contributed by atoms with E-state index < -0.39 is 53.2 Å². The second-order valence-corrected chi connectivity index (χ2v) is 12.4. The number of fused-ring (bicyclic) bond motifs is 1. The van der Waals surface area contributed by atoms with Crippen molar-refractivity contribution in [2.75, 3.05) is 5.75 Å². The molecule has 0 bridgehead atoms. The minimum atomic E-state index is -5.69. The average Bonchev–Trinajstić information content (AvgIpc) is 3.50. The molecule has 0 radical (unpaired) electrons. The Hall–Kier alpha value is -4.38. The Bertz CT molecular complexity index is 2070. The van der Waals surface area contributed by atoms with Crippen molar-refractivity contribution in [3.63, 3.8) is 0 Å². The summed E-state index contributed by atoms with van der Waals surface area (Å²) in [6.45, 7) is 1.36. The highest BCUT2D eigenvalue weighted by atomic mass is 32.2. The van der Waals surface area contributed by atoms with Gasteiger partial charge in [0.25, 0.3) is 9.84 Å². The third-order valence-electron chi connectivity index (χ3n) is 5.71. The fraction of sp³-hybridized carbons (Fsp3) is 0.130. The van der Waals surface area contributed by atoms with Crippen molar-refractivity contribution in [1.29, 1.82) is 0 Å². The predicted octanol–water partition coefficient (Wildman–Crippen LogP) is 3.45. The number of aromatic nitrogens is 5. The molecule has 5 rings (SSSR count). The van der Waals surface area contributed by atoms with E-state index in [0.29, 0.717) is 12.1 Å². The molecule has 5 aromatic rings. The van der Waals surface area contributed by atoms with E-state index >= 15 is 0 Å². The van der Waals surface area contributed by atoms with E-state index in [4.69, 9.17) is 4.42 Å². The van der Waals surface area contributed by atoms with Crippen LogP contribution in [-0.2, 0) is 19.7 Å². The van der Waals surface area contributed by atoms with Gasteiger partial charge in [0.1, 0.15) is 23.4 Å². The quantitative estimate of drug-likeness (QED) is 0.269. The number of nitrogens with zero attached hydrogens (tertiary/aromatic N) is 5. The van der Waals surface area contributed by atoms with Gasteiger partial charge in [0.2, 0.25) is 5.89 Å². The maximum absolute atomic E-state index is 13.7. The molecule has 11 nitrogen and oxygen atoms in total. The van der Waals surface area contributed by atoms with Gasteiger partial charge in [0.15, 0.2) is 21.2 Å². The molecule has 0 saturated heterocycles. The van der Waals surface area contributed by atoms with Crippen LogP contribution < -0.4 is 5.69 Å². The Kier molecular flexibility index (Phi) is 6.37. The number of halogens is 4. The molecule has 0 aliphatic rings. The summed E-state index contributed by atoms with van der Waals surface area (Å²) < 4.78 is 109. The molecule has 17 heteroatoms. The number of hydrogen-bond acceptors (Lipinski definition) is 9. The Balaban J connectivity index is 1.68. The summed E-state index contributed by atoms with van der Waals surface area (Å²) in [7, 11) is -9.67. The molecule has 0 unspecified atom stereocenters. The van der Waals surface area contributed by atoms with E-state index in [1.54, 1.807) is 0 Å². The Labute approximate surface area is 222 Å². The van der Waals surface area contributed by atoms with Gasteiger partial charge in [-0.15, -0.1) is 0 Å². The lowest BCUT2D eigenvalue weighted by atomic mass is 10.3. The van der Waals surface area contributed by atoms with Gasteiger partial charge in [0, 0.05) is 0 Å². The number of hydrogen-bond donors (Lipinski definition) is 0. The van der Waals surface area contributed by atoms with Crippen LogP contribution >= 0.6 is 0 Å². The molecule has 0 fully saturated rings. The summed E-state index contributed by atoms with van der Waals surface area (Å²) >= 11 is 0. The minimum absolute atomic E-state index is 0.157. The van der Waals surface area contributed by atoms with E-state index in [9.17, 15) is 39.2 Å². The summed E-state index contributed by atoms with van der Waals surface area (Å²) in [5, 5.41) is 3.95. The van der Waals surface area contributed by atoms with Gasteiger partial charge >= 0.3 is 11.2 Å². The van der Waals surface area contributed by atoms with Gasteiger partial charge in [0.05, 0.1) is 21.2 Å². The SMILES string of the molecule is CCS(=O)(=O)c1ccc(-n2ncn(-c3cccc(F)c3)c2=O)nc1-c1nc2cc(S(=O)(=O)C(F)(F)F)ccc2o1. The van der Waals surface area contributed by atoms with Crippen LogP contribution in [0.5, 0.6) is 0 Å². The number of rotatable bonds is 6. The van der Waals surface area contributed by atoms with Crippen molar-refractivity contribution < 1.29 is 38.8 Å². The third kappa shape index (κ3) is 4.56. The van der Waals surface area contributed by atoms with Crippen LogP contribution in [0.25, 0.3) is 34.2 Å². The average molecular weight is 598 g/mol. The summed E-state index contributed by atoms with van der Waals surface area (Å²) in [5.74, 6) is -1.63. The molecular formula is C23H15F4N5O6S2. The van der Waals surface area contributed by atoms with E-state index in [1.807, 2.05) is 0 Å². The van der Waals surface area contributed by atoms with Crippen molar-refractivity contribution in [1.82, 2.24) is 24.3 Å². The first-order chi connectivity index (χ1) is 18.7. The molecule has 3 heterocycles. The standard InChI is InChI=1S/C23H15F4N5O6S2/c1-2-39(34,35)18-8-9-19(32-22(33)31(12-28-32)14-5-3-4-13(24)10-14)30-20(18)21-29-16-11-15(6-7-17(16)38-21)40(36,37)23(25,26)27/h3-12H,2H2,1H3. The summed E-state index contributed by atoms with van der Waals surface area (Å²) in [5.41, 5.74) is -7.06. The molecule has 0 aliphatic carbocycles. The zero-order valence-electron chi connectivity index (χ0n) is 20.0. The lowest BCUT2D eigenvalue weighted by Crippen LogP contribution is -2.23. The predicted molar refractivity (Wildman–Crippen MR) is 131 cm³/mol. The highest BCUT2D eigenvalue weighted by molar-refractivity contribution is 7.92. The van der Waals surface area contributed by atoms with Crippen LogP contribution in [0.3, 0.4) is 0 Å². The molecule has 0 amide bonds. The maximum atomic E-state index is 13.7. The molecular weight excluding hydrogens is 582 g/mol. The van der Waals surface area contributed by atoms with Crippen LogP contribution in [0.4, 0.5) is 17.6 Å². The molecule has 0 aliphatic heterocycles. The summed E-state index contributed by atoms with van der Waals surface area (Å²) in [6, 6.07) is 9.67. The molecule has 0 saturated carbocycles. The number of benzene rings is 2. The number of pyridine rings is 1. The van der Waals surface area contributed by atoms with Crippen LogP contribution in [0.2, 0.25) is 0 Å². The molecule has 0 spiro atoms. The maximum Gasteiger partial charge on any atom is 0.501 e. The van der Waals surface area contributed by atoms with Gasteiger partial charge in [-0.25, -0.2) is 40.6 Å². The van der Waals surface area contributed by atoms with E-state index in [1.165, 1.54) is 31.2 Å². The zero-order valence-corrected chi connectivity index (χ0v) is 21.6. The molecule has 0 atom stereocenters. The van der Waals surface area contributed by atoms with E-state index in [-0.39, 0.29) is 33.3 Å². The van der Waals surface area contributed by atoms with Gasteiger partial charge in [-0.05, 0) is 48.5 Å². The van der Waals surface area contributed by atoms with Crippen LogP contribution in [0.1, 0.15) is 6.92 Å². The lowest BCUT2D eigenvalue weighted by molar-refractivity contribution is -0.0436. The van der Waals surface area contributed by atoms with Gasteiger partial charge < -0.3 is 4.42 Å². The van der Waals surface area contributed by atoms with Crippen molar-refractivity contribution in [3.05, 3.63) is 77.2 Å². The lowest BCUT2D eigenvalue weighted by Gasteiger charge is -2.08. The summed E-state index contributed by atoms with van der Waals surface area (Å²) in [6.07, 6.45) is 1.09. The molecule has 208 valence electrons. The molecule has 0 N–H and O–H groups in total. The second-order valence-electron chi connectivity index (χ2n) is 8.19. The Morgan fingerprint density at radius 3 is 2.40 bits per heavy atom. The van der Waals surface area contributed by atoms with Crippen molar-refractivity contribution in [2.45, 2.75) is 22.2 Å². The highest BCUT2D eigenvalue weighted by Crippen LogP contribution is 2.34. The van der Waals surface area contributed by atoms with Gasteiger partial charge in [-0.1, -0.05) is 13.0 Å². The first-order valence-electron chi connectivity index (χ1n) is 11.1. The fourth-order valence-electron chi connectivity index (χ4n) is 3.69.